The Hall–Kier alpha value is -1.68. The van der Waals surface area contributed by atoms with Crippen molar-refractivity contribution in [3.63, 3.8) is 0 Å². The van der Waals surface area contributed by atoms with Crippen LogP contribution in [0.2, 0.25) is 0 Å². The molecule has 0 bridgehead atoms. The number of carbonyl (C=O) groups is 2. The second kappa shape index (κ2) is 7.20. The van der Waals surface area contributed by atoms with E-state index < -0.39 is 0 Å². The van der Waals surface area contributed by atoms with Gasteiger partial charge in [-0.25, -0.2) is 0 Å². The second-order valence-electron chi connectivity index (χ2n) is 5.32. The molecule has 20 heavy (non-hydrogen) atoms. The van der Waals surface area contributed by atoms with E-state index in [4.69, 9.17) is 5.11 Å². The highest BCUT2D eigenvalue weighted by Crippen LogP contribution is 2.35. The quantitative estimate of drug-likeness (QED) is 0.858. The highest BCUT2D eigenvalue weighted by molar-refractivity contribution is 5.87. The normalized spacial score (nSPS) is 22.6. The van der Waals surface area contributed by atoms with Crippen LogP contribution in [0.3, 0.4) is 0 Å². The molecule has 0 saturated heterocycles. The number of nitrogens with one attached hydrogen (secondary N) is 1. The number of aliphatic hydroxyl groups excluding tert-OH is 1. The maximum atomic E-state index is 12.0. The minimum absolute atomic E-state index is 0.0724. The van der Waals surface area contributed by atoms with Crippen LogP contribution in [0.15, 0.2) is 30.3 Å². The lowest BCUT2D eigenvalue weighted by Crippen LogP contribution is -2.32. The van der Waals surface area contributed by atoms with E-state index in [1.807, 2.05) is 18.2 Å². The molecule has 1 aromatic carbocycles. The molecular weight excluding hydrogens is 254 g/mol. The van der Waals surface area contributed by atoms with Crippen molar-refractivity contribution < 1.29 is 14.7 Å². The summed E-state index contributed by atoms with van der Waals surface area (Å²) in [6.45, 7) is 0.179. The number of hydrogen-bond acceptors (Lipinski definition) is 3. The summed E-state index contributed by atoms with van der Waals surface area (Å²) >= 11 is 0. The molecule has 2 unspecified atom stereocenters. The van der Waals surface area contributed by atoms with Crippen molar-refractivity contribution in [1.29, 1.82) is 0 Å². The smallest absolute Gasteiger partial charge is 0.220 e. The molecule has 1 aliphatic carbocycles. The van der Waals surface area contributed by atoms with Crippen LogP contribution >= 0.6 is 0 Å². The Morgan fingerprint density at radius 3 is 2.75 bits per heavy atom. The van der Waals surface area contributed by atoms with Gasteiger partial charge in [0.25, 0.3) is 0 Å². The number of Topliss-reactive ketones (excluding diaryl/α,β-unsaturated/α-hetero) is 1. The Morgan fingerprint density at radius 1 is 1.30 bits per heavy atom. The van der Waals surface area contributed by atoms with Crippen LogP contribution in [0.5, 0.6) is 0 Å². The first-order valence-corrected chi connectivity index (χ1v) is 7.16. The molecule has 2 rings (SSSR count). The summed E-state index contributed by atoms with van der Waals surface area (Å²) in [5.41, 5.74) is 1.25. The van der Waals surface area contributed by atoms with Crippen LogP contribution < -0.4 is 5.32 Å². The van der Waals surface area contributed by atoms with E-state index in [-0.39, 0.29) is 37.2 Å². The molecule has 1 amide bonds. The molecule has 0 spiro atoms. The van der Waals surface area contributed by atoms with Gasteiger partial charge in [0.15, 0.2) is 0 Å². The Kier molecular flexibility index (Phi) is 5.30. The molecule has 108 valence electrons. The minimum atomic E-state index is -0.187. The third kappa shape index (κ3) is 3.90. The third-order valence-corrected chi connectivity index (χ3v) is 3.90. The molecule has 1 fully saturated rings. The van der Waals surface area contributed by atoms with Crippen molar-refractivity contribution in [2.24, 2.45) is 5.92 Å². The number of benzene rings is 1. The molecule has 0 heterocycles. The van der Waals surface area contributed by atoms with E-state index in [9.17, 15) is 9.59 Å². The molecule has 2 N–H and O–H groups in total. The fourth-order valence-electron chi connectivity index (χ4n) is 2.83. The van der Waals surface area contributed by atoms with Gasteiger partial charge in [-0.1, -0.05) is 30.3 Å². The number of rotatable bonds is 5. The van der Waals surface area contributed by atoms with Gasteiger partial charge < -0.3 is 10.4 Å². The lowest BCUT2D eigenvalue weighted by Gasteiger charge is -2.28. The third-order valence-electron chi connectivity index (χ3n) is 3.90. The summed E-state index contributed by atoms with van der Waals surface area (Å²) in [6, 6.07) is 10.2. The van der Waals surface area contributed by atoms with Crippen molar-refractivity contribution >= 4 is 11.7 Å². The largest absolute Gasteiger partial charge is 0.395 e. The summed E-state index contributed by atoms with van der Waals surface area (Å²) in [5, 5.41) is 11.3. The van der Waals surface area contributed by atoms with Gasteiger partial charge in [-0.05, 0) is 24.3 Å². The summed E-state index contributed by atoms with van der Waals surface area (Å²) < 4.78 is 0. The number of amides is 1. The topological polar surface area (TPSA) is 66.4 Å². The number of ketones is 1. The van der Waals surface area contributed by atoms with Crippen LogP contribution in [0.4, 0.5) is 0 Å². The number of hydrogen-bond donors (Lipinski definition) is 2. The van der Waals surface area contributed by atoms with Crippen LogP contribution in [-0.2, 0) is 9.59 Å². The fourth-order valence-corrected chi connectivity index (χ4v) is 2.83. The zero-order chi connectivity index (χ0) is 14.4. The van der Waals surface area contributed by atoms with E-state index in [0.717, 1.165) is 12.8 Å². The van der Waals surface area contributed by atoms with Gasteiger partial charge >= 0.3 is 0 Å². The SMILES string of the molecule is O=C(CC1CC(c2ccccc2)CCC1=O)NCCO. The molecule has 4 nitrogen and oxygen atoms in total. The molecule has 0 radical (unpaired) electrons. The van der Waals surface area contributed by atoms with Gasteiger partial charge in [0.2, 0.25) is 5.91 Å². The van der Waals surface area contributed by atoms with Crippen molar-refractivity contribution in [2.75, 3.05) is 13.2 Å². The first kappa shape index (κ1) is 14.7. The molecule has 1 aliphatic rings. The summed E-state index contributed by atoms with van der Waals surface area (Å²) in [7, 11) is 0. The zero-order valence-electron chi connectivity index (χ0n) is 11.5. The Bertz CT molecular complexity index is 458. The lowest BCUT2D eigenvalue weighted by atomic mass is 9.76. The van der Waals surface area contributed by atoms with Crippen LogP contribution in [-0.4, -0.2) is 29.9 Å². The van der Waals surface area contributed by atoms with E-state index in [0.29, 0.717) is 12.3 Å². The van der Waals surface area contributed by atoms with Crippen molar-refractivity contribution in [2.45, 2.75) is 31.6 Å². The molecule has 1 saturated carbocycles. The monoisotopic (exact) mass is 275 g/mol. The van der Waals surface area contributed by atoms with Crippen LogP contribution in [0, 0.1) is 5.92 Å². The Labute approximate surface area is 119 Å². The average molecular weight is 275 g/mol. The summed E-state index contributed by atoms with van der Waals surface area (Å²) in [6.07, 6.45) is 2.41. The van der Waals surface area contributed by atoms with Gasteiger partial charge in [-0.2, -0.15) is 0 Å². The molecular formula is C16H21NO3. The highest BCUT2D eigenvalue weighted by Gasteiger charge is 2.30. The Morgan fingerprint density at radius 2 is 2.05 bits per heavy atom. The first-order chi connectivity index (χ1) is 9.70. The molecule has 0 aliphatic heterocycles. The molecule has 2 atom stereocenters. The lowest BCUT2D eigenvalue weighted by molar-refractivity contribution is -0.130. The Balaban J connectivity index is 1.95. The predicted molar refractivity (Wildman–Crippen MR) is 76.2 cm³/mol. The van der Waals surface area contributed by atoms with Crippen LogP contribution in [0.25, 0.3) is 0 Å². The van der Waals surface area contributed by atoms with Crippen molar-refractivity contribution in [3.05, 3.63) is 35.9 Å². The summed E-state index contributed by atoms with van der Waals surface area (Å²) in [4.78, 5) is 23.6. The van der Waals surface area contributed by atoms with Crippen molar-refractivity contribution in [1.82, 2.24) is 5.32 Å². The van der Waals surface area contributed by atoms with E-state index in [2.05, 4.69) is 17.4 Å². The van der Waals surface area contributed by atoms with Gasteiger partial charge in [-0.15, -0.1) is 0 Å². The van der Waals surface area contributed by atoms with E-state index >= 15 is 0 Å². The standard InChI is InChI=1S/C16H21NO3/c18-9-8-17-16(20)11-14-10-13(6-7-15(14)19)12-4-2-1-3-5-12/h1-5,13-14,18H,6-11H2,(H,17,20). The van der Waals surface area contributed by atoms with Gasteiger partial charge in [0.05, 0.1) is 6.61 Å². The summed E-state index contributed by atoms with van der Waals surface area (Å²) in [5.74, 6) is 0.222. The van der Waals surface area contributed by atoms with E-state index in [1.165, 1.54) is 5.56 Å². The second-order valence-corrected chi connectivity index (χ2v) is 5.32. The maximum Gasteiger partial charge on any atom is 0.220 e. The minimum Gasteiger partial charge on any atom is -0.395 e. The molecule has 1 aromatic rings. The zero-order valence-corrected chi connectivity index (χ0v) is 11.5. The number of carbonyl (C=O) groups excluding carboxylic acids is 2. The van der Waals surface area contributed by atoms with E-state index in [1.54, 1.807) is 0 Å². The molecule has 4 heteroatoms. The van der Waals surface area contributed by atoms with Crippen LogP contribution in [0.1, 0.15) is 37.2 Å². The van der Waals surface area contributed by atoms with Crippen molar-refractivity contribution in [3.8, 4) is 0 Å². The highest BCUT2D eigenvalue weighted by atomic mass is 16.3. The van der Waals surface area contributed by atoms with Gasteiger partial charge in [0, 0.05) is 25.3 Å². The van der Waals surface area contributed by atoms with Gasteiger partial charge in [-0.3, -0.25) is 9.59 Å². The average Bonchev–Trinajstić information content (AvgIpc) is 2.48. The fraction of sp³-hybridized carbons (Fsp3) is 0.500. The maximum absolute atomic E-state index is 12.0. The van der Waals surface area contributed by atoms with Gasteiger partial charge in [0.1, 0.15) is 5.78 Å². The predicted octanol–water partition coefficient (Wildman–Crippen LogP) is 1.64. The molecule has 0 aromatic heterocycles. The first-order valence-electron chi connectivity index (χ1n) is 7.16. The number of aliphatic hydroxyl groups is 1.